The topological polar surface area (TPSA) is 123 Å². The molecule has 11 heteroatoms. The van der Waals surface area contributed by atoms with Gasteiger partial charge in [0, 0.05) is 22.9 Å². The first-order chi connectivity index (χ1) is 21.3. The molecule has 1 unspecified atom stereocenters. The third kappa shape index (κ3) is 8.30. The van der Waals surface area contributed by atoms with Crippen LogP contribution >= 0.6 is 23.1 Å². The molecular formula is C33H36N4O5S2. The number of ketones is 1. The number of hydrogen-bond acceptors (Lipinski definition) is 9. The van der Waals surface area contributed by atoms with Crippen molar-refractivity contribution in [2.75, 3.05) is 11.1 Å². The Bertz CT molecular complexity index is 1550. The molecule has 3 aromatic carbocycles. The van der Waals surface area contributed by atoms with Crippen LogP contribution < -0.4 is 10.6 Å². The Balaban J connectivity index is 1.31. The van der Waals surface area contributed by atoms with E-state index < -0.39 is 18.4 Å². The SMILES string of the molecule is CC(=O)[C@@H](Cc1ccccc1)NC(=O)Nc1cccc(C2O[C@H](CSc3nnc(C)s3)[C@H](C)[C@H](c3ccc(CO)cc3)O2)c1. The lowest BCUT2D eigenvalue weighted by Crippen LogP contribution is -2.43. The molecule has 0 spiro atoms. The summed E-state index contributed by atoms with van der Waals surface area (Å²) in [6.45, 7) is 5.49. The van der Waals surface area contributed by atoms with Crippen molar-refractivity contribution in [3.05, 3.63) is 106 Å². The normalized spacial score (nSPS) is 20.5. The lowest BCUT2D eigenvalue weighted by Gasteiger charge is -2.41. The van der Waals surface area contributed by atoms with E-state index in [1.54, 1.807) is 29.2 Å². The molecule has 9 nitrogen and oxygen atoms in total. The van der Waals surface area contributed by atoms with E-state index in [1.807, 2.05) is 79.7 Å². The predicted octanol–water partition coefficient (Wildman–Crippen LogP) is 6.24. The summed E-state index contributed by atoms with van der Waals surface area (Å²) in [6, 6.07) is 23.6. The van der Waals surface area contributed by atoms with Crippen molar-refractivity contribution in [2.24, 2.45) is 5.92 Å². The molecule has 2 heterocycles. The monoisotopic (exact) mass is 632 g/mol. The Morgan fingerprint density at radius 3 is 2.43 bits per heavy atom. The van der Waals surface area contributed by atoms with Crippen LogP contribution in [0.25, 0.3) is 0 Å². The number of benzene rings is 3. The summed E-state index contributed by atoms with van der Waals surface area (Å²) in [5.41, 5.74) is 4.09. The maximum Gasteiger partial charge on any atom is 0.319 e. The number of rotatable bonds is 11. The number of carbonyl (C=O) groups is 2. The van der Waals surface area contributed by atoms with Gasteiger partial charge in [0.15, 0.2) is 16.4 Å². The molecule has 1 aromatic heterocycles. The van der Waals surface area contributed by atoms with Crippen LogP contribution in [0.5, 0.6) is 0 Å². The van der Waals surface area contributed by atoms with Crippen molar-refractivity contribution in [3.8, 4) is 0 Å². The van der Waals surface area contributed by atoms with Crippen LogP contribution in [0.3, 0.4) is 0 Å². The van der Waals surface area contributed by atoms with Gasteiger partial charge in [-0.15, -0.1) is 10.2 Å². The Hall–Kier alpha value is -3.61. The summed E-state index contributed by atoms with van der Waals surface area (Å²) >= 11 is 3.16. The van der Waals surface area contributed by atoms with Gasteiger partial charge in [-0.25, -0.2) is 4.79 Å². The molecule has 0 radical (unpaired) electrons. The van der Waals surface area contributed by atoms with E-state index in [0.29, 0.717) is 17.9 Å². The van der Waals surface area contributed by atoms with Gasteiger partial charge in [0.25, 0.3) is 0 Å². The number of ether oxygens (including phenoxy) is 2. The van der Waals surface area contributed by atoms with Gasteiger partial charge < -0.3 is 25.2 Å². The van der Waals surface area contributed by atoms with Crippen LogP contribution in [0.2, 0.25) is 0 Å². The van der Waals surface area contributed by atoms with Crippen molar-refractivity contribution < 1.29 is 24.2 Å². The first kappa shape index (κ1) is 31.8. The summed E-state index contributed by atoms with van der Waals surface area (Å²) in [4.78, 5) is 25.2. The van der Waals surface area contributed by atoms with E-state index in [0.717, 1.165) is 31.6 Å². The van der Waals surface area contributed by atoms with Crippen molar-refractivity contribution >= 4 is 40.6 Å². The minimum Gasteiger partial charge on any atom is -0.392 e. The number of aliphatic hydroxyl groups excluding tert-OH is 1. The number of aliphatic hydroxyl groups is 1. The average molecular weight is 633 g/mol. The fraction of sp³-hybridized carbons (Fsp3) is 0.333. The molecule has 3 N–H and O–H groups in total. The molecule has 4 aromatic rings. The van der Waals surface area contributed by atoms with Crippen molar-refractivity contribution in [2.45, 2.75) is 62.7 Å². The van der Waals surface area contributed by atoms with Gasteiger partial charge in [-0.05, 0) is 49.1 Å². The summed E-state index contributed by atoms with van der Waals surface area (Å²) in [5, 5.41) is 24.5. The fourth-order valence-electron chi connectivity index (χ4n) is 5.03. The lowest BCUT2D eigenvalue weighted by molar-refractivity contribution is -0.268. The maximum atomic E-state index is 12.9. The number of amides is 2. The molecule has 0 bridgehead atoms. The molecule has 5 rings (SSSR count). The molecule has 0 saturated carbocycles. The van der Waals surface area contributed by atoms with Crippen molar-refractivity contribution in [1.29, 1.82) is 0 Å². The molecule has 1 aliphatic heterocycles. The zero-order valence-corrected chi connectivity index (χ0v) is 26.4. The van der Waals surface area contributed by atoms with E-state index in [1.165, 1.54) is 6.92 Å². The van der Waals surface area contributed by atoms with Crippen LogP contribution in [0.15, 0.2) is 83.2 Å². The highest BCUT2D eigenvalue weighted by Crippen LogP contribution is 2.43. The van der Waals surface area contributed by atoms with Crippen LogP contribution in [0.4, 0.5) is 10.5 Å². The second kappa shape index (κ2) is 14.9. The Labute approximate surface area is 265 Å². The van der Waals surface area contributed by atoms with E-state index in [-0.39, 0.29) is 30.5 Å². The molecule has 1 saturated heterocycles. The van der Waals surface area contributed by atoms with Gasteiger partial charge in [0.2, 0.25) is 0 Å². The van der Waals surface area contributed by atoms with Gasteiger partial charge in [0.05, 0.1) is 24.9 Å². The molecule has 5 atom stereocenters. The van der Waals surface area contributed by atoms with Crippen molar-refractivity contribution in [3.63, 3.8) is 0 Å². The number of carbonyl (C=O) groups excluding carboxylic acids is 2. The molecule has 1 aliphatic rings. The Kier molecular flexibility index (Phi) is 10.8. The number of urea groups is 1. The van der Waals surface area contributed by atoms with Crippen LogP contribution in [0, 0.1) is 12.8 Å². The molecule has 230 valence electrons. The van der Waals surface area contributed by atoms with E-state index >= 15 is 0 Å². The summed E-state index contributed by atoms with van der Waals surface area (Å²) in [5.74, 6) is 0.559. The second-order valence-corrected chi connectivity index (χ2v) is 13.2. The zero-order chi connectivity index (χ0) is 31.1. The number of aromatic nitrogens is 2. The quantitative estimate of drug-likeness (QED) is 0.166. The van der Waals surface area contributed by atoms with E-state index in [2.05, 4.69) is 27.8 Å². The highest BCUT2D eigenvalue weighted by atomic mass is 32.2. The Morgan fingerprint density at radius 1 is 0.977 bits per heavy atom. The van der Waals surface area contributed by atoms with Gasteiger partial charge >= 0.3 is 6.03 Å². The number of nitrogens with one attached hydrogen (secondary N) is 2. The smallest absolute Gasteiger partial charge is 0.319 e. The van der Waals surface area contributed by atoms with E-state index in [9.17, 15) is 14.7 Å². The average Bonchev–Trinajstić information content (AvgIpc) is 3.45. The van der Waals surface area contributed by atoms with Gasteiger partial charge in [-0.1, -0.05) is 96.8 Å². The van der Waals surface area contributed by atoms with Gasteiger partial charge in [-0.2, -0.15) is 0 Å². The third-order valence-electron chi connectivity index (χ3n) is 7.50. The minimum atomic E-state index is -0.691. The van der Waals surface area contributed by atoms with E-state index in [4.69, 9.17) is 9.47 Å². The van der Waals surface area contributed by atoms with Gasteiger partial charge in [-0.3, -0.25) is 4.79 Å². The number of aryl methyl sites for hydroxylation is 1. The number of Topliss-reactive ketones (excluding diaryl/α,β-unsaturated/α-hetero) is 1. The predicted molar refractivity (Wildman–Crippen MR) is 172 cm³/mol. The summed E-state index contributed by atoms with van der Waals surface area (Å²) in [7, 11) is 0. The molecule has 2 amide bonds. The standard InChI is InChI=1S/C33H36N4O5S2/c1-20-29(19-43-33-37-36-22(3)44-33)41-31(42-30(20)25-14-12-24(18-38)13-15-25)26-10-7-11-27(17-26)34-32(40)35-28(21(2)39)16-23-8-5-4-6-9-23/h4-15,17,20,28-31,38H,16,18-19H2,1-3H3,(H2,34,35,40)/t20-,28+,29+,30+,31?/m0/s1. The number of hydrogen-bond donors (Lipinski definition) is 3. The van der Waals surface area contributed by atoms with Crippen LogP contribution in [0.1, 0.15) is 53.5 Å². The number of thioether (sulfide) groups is 1. The Morgan fingerprint density at radius 2 is 1.75 bits per heavy atom. The minimum absolute atomic E-state index is 0.0213. The molecule has 0 aliphatic carbocycles. The number of anilines is 1. The second-order valence-electron chi connectivity index (χ2n) is 10.8. The first-order valence-corrected chi connectivity index (χ1v) is 16.2. The highest BCUT2D eigenvalue weighted by molar-refractivity contribution is 8.01. The fourth-order valence-corrected chi connectivity index (χ4v) is 7.04. The molecular weight excluding hydrogens is 597 g/mol. The largest absolute Gasteiger partial charge is 0.392 e. The third-order valence-corrected chi connectivity index (χ3v) is 9.56. The summed E-state index contributed by atoms with van der Waals surface area (Å²) < 4.78 is 14.0. The van der Waals surface area contributed by atoms with Crippen molar-refractivity contribution in [1.82, 2.24) is 15.5 Å². The van der Waals surface area contributed by atoms with Crippen LogP contribution in [-0.4, -0.2) is 45.0 Å². The molecule has 1 fully saturated rings. The molecule has 44 heavy (non-hydrogen) atoms. The maximum absolute atomic E-state index is 12.9. The van der Waals surface area contributed by atoms with Gasteiger partial charge in [0.1, 0.15) is 5.01 Å². The highest BCUT2D eigenvalue weighted by Gasteiger charge is 2.38. The summed E-state index contributed by atoms with van der Waals surface area (Å²) in [6.07, 6.45) is -0.720. The van der Waals surface area contributed by atoms with Crippen LogP contribution in [-0.2, 0) is 27.3 Å². The number of nitrogens with zero attached hydrogens (tertiary/aromatic N) is 2. The lowest BCUT2D eigenvalue weighted by atomic mass is 9.91. The first-order valence-electron chi connectivity index (χ1n) is 14.4. The zero-order valence-electron chi connectivity index (χ0n) is 24.8.